The highest BCUT2D eigenvalue weighted by Gasteiger charge is 2.33. The summed E-state index contributed by atoms with van der Waals surface area (Å²) in [5.41, 5.74) is 3.17. The molecule has 0 aliphatic heterocycles. The number of hydrogen-bond acceptors (Lipinski definition) is 4. The van der Waals surface area contributed by atoms with Crippen LogP contribution in [0.5, 0.6) is 0 Å². The van der Waals surface area contributed by atoms with Crippen LogP contribution < -0.4 is 9.62 Å². The molecule has 3 rings (SSSR count). The minimum Gasteiger partial charge on any atom is -0.352 e. The Hall–Kier alpha value is -3.17. The van der Waals surface area contributed by atoms with E-state index in [9.17, 15) is 18.0 Å². The average molecular weight is 615 g/mol. The lowest BCUT2D eigenvalue weighted by Crippen LogP contribution is -2.54. The van der Waals surface area contributed by atoms with Crippen LogP contribution in [0.2, 0.25) is 0 Å². The molecule has 0 spiro atoms. The number of sulfonamides is 1. The van der Waals surface area contributed by atoms with Crippen molar-refractivity contribution in [2.75, 3.05) is 17.1 Å². The number of carbonyl (C=O) groups is 2. The first-order valence-corrected chi connectivity index (χ1v) is 15.6. The standard InChI is InChI=1S/C30H36BrN3O4S/c1-5-23-13-17-27(18-14-23)34(39(4,37)38)21-29(35)33(20-25-11-15-26(31)16-12-25)28(30(36)32-22(2)3)19-24-9-7-6-8-10-24/h6-18,22,28H,5,19-21H2,1-4H3,(H,32,36)/t28-/m0/s1. The summed E-state index contributed by atoms with van der Waals surface area (Å²) in [7, 11) is -3.79. The monoisotopic (exact) mass is 613 g/mol. The molecule has 7 nitrogen and oxygen atoms in total. The molecule has 39 heavy (non-hydrogen) atoms. The fourth-order valence-electron chi connectivity index (χ4n) is 4.23. The van der Waals surface area contributed by atoms with Gasteiger partial charge in [0.25, 0.3) is 0 Å². The van der Waals surface area contributed by atoms with Gasteiger partial charge in [0.1, 0.15) is 12.6 Å². The molecule has 208 valence electrons. The maximum absolute atomic E-state index is 14.0. The molecule has 3 aromatic carbocycles. The third-order valence-electron chi connectivity index (χ3n) is 6.28. The van der Waals surface area contributed by atoms with Crippen molar-refractivity contribution in [1.29, 1.82) is 0 Å². The number of nitrogens with zero attached hydrogens (tertiary/aromatic N) is 2. The van der Waals surface area contributed by atoms with E-state index in [-0.39, 0.29) is 24.9 Å². The number of anilines is 1. The van der Waals surface area contributed by atoms with Crippen LogP contribution in [0.15, 0.2) is 83.3 Å². The molecule has 9 heteroatoms. The first-order valence-electron chi connectivity index (χ1n) is 12.9. The zero-order chi connectivity index (χ0) is 28.6. The molecule has 0 radical (unpaired) electrons. The fraction of sp³-hybridized carbons (Fsp3) is 0.333. The molecule has 0 heterocycles. The molecular weight excluding hydrogens is 578 g/mol. The lowest BCUT2D eigenvalue weighted by Gasteiger charge is -2.34. The van der Waals surface area contributed by atoms with Crippen LogP contribution >= 0.6 is 15.9 Å². The molecule has 0 saturated carbocycles. The largest absolute Gasteiger partial charge is 0.352 e. The van der Waals surface area contributed by atoms with Gasteiger partial charge in [-0.2, -0.15) is 0 Å². The summed E-state index contributed by atoms with van der Waals surface area (Å²) in [5.74, 6) is -0.764. The molecule has 0 aliphatic rings. The zero-order valence-corrected chi connectivity index (χ0v) is 25.2. The summed E-state index contributed by atoms with van der Waals surface area (Å²) < 4.78 is 27.7. The molecule has 0 bridgehead atoms. The Labute approximate surface area is 240 Å². The van der Waals surface area contributed by atoms with Gasteiger partial charge in [0.15, 0.2) is 0 Å². The lowest BCUT2D eigenvalue weighted by molar-refractivity contribution is -0.140. The van der Waals surface area contributed by atoms with E-state index in [1.165, 1.54) is 4.90 Å². The molecule has 0 aromatic heterocycles. The number of benzene rings is 3. The van der Waals surface area contributed by atoms with Gasteiger partial charge in [0, 0.05) is 23.5 Å². The molecule has 1 atom stereocenters. The number of hydrogen-bond donors (Lipinski definition) is 1. The van der Waals surface area contributed by atoms with Gasteiger partial charge in [-0.3, -0.25) is 13.9 Å². The second-order valence-corrected chi connectivity index (χ2v) is 12.6. The van der Waals surface area contributed by atoms with E-state index in [1.54, 1.807) is 12.1 Å². The fourth-order valence-corrected chi connectivity index (χ4v) is 5.35. The second kappa shape index (κ2) is 13.8. The SMILES string of the molecule is CCc1ccc(N(CC(=O)N(Cc2ccc(Br)cc2)[C@@H](Cc2ccccc2)C(=O)NC(C)C)S(C)(=O)=O)cc1. The van der Waals surface area contributed by atoms with Crippen molar-refractivity contribution in [3.05, 3.63) is 100 Å². The van der Waals surface area contributed by atoms with E-state index in [4.69, 9.17) is 0 Å². The number of amides is 2. The van der Waals surface area contributed by atoms with Crippen LogP contribution in [0.3, 0.4) is 0 Å². The smallest absolute Gasteiger partial charge is 0.244 e. The second-order valence-electron chi connectivity index (χ2n) is 9.81. The van der Waals surface area contributed by atoms with Crippen LogP contribution in [0.25, 0.3) is 0 Å². The molecular formula is C30H36BrN3O4S. The maximum Gasteiger partial charge on any atom is 0.244 e. The van der Waals surface area contributed by atoms with Gasteiger partial charge in [-0.1, -0.05) is 77.5 Å². The van der Waals surface area contributed by atoms with Gasteiger partial charge >= 0.3 is 0 Å². The summed E-state index contributed by atoms with van der Waals surface area (Å²) in [6.07, 6.45) is 2.18. The maximum atomic E-state index is 14.0. The molecule has 0 aliphatic carbocycles. The Morgan fingerprint density at radius 3 is 2.00 bits per heavy atom. The predicted molar refractivity (Wildman–Crippen MR) is 160 cm³/mol. The molecule has 1 N–H and O–H groups in total. The van der Waals surface area contributed by atoms with Gasteiger partial charge in [0.05, 0.1) is 11.9 Å². The third kappa shape index (κ3) is 8.93. The number of halogens is 1. The number of aryl methyl sites for hydroxylation is 1. The lowest BCUT2D eigenvalue weighted by atomic mass is 10.0. The summed E-state index contributed by atoms with van der Waals surface area (Å²) >= 11 is 3.44. The number of rotatable bonds is 12. The molecule has 0 unspecified atom stereocenters. The van der Waals surface area contributed by atoms with Crippen molar-refractivity contribution in [2.24, 2.45) is 0 Å². The van der Waals surface area contributed by atoms with Crippen LogP contribution in [-0.4, -0.2) is 50.0 Å². The van der Waals surface area contributed by atoms with E-state index in [1.807, 2.05) is 87.5 Å². The van der Waals surface area contributed by atoms with Crippen molar-refractivity contribution in [1.82, 2.24) is 10.2 Å². The highest BCUT2D eigenvalue weighted by Crippen LogP contribution is 2.22. The van der Waals surface area contributed by atoms with Crippen LogP contribution in [0.4, 0.5) is 5.69 Å². The van der Waals surface area contributed by atoms with E-state index >= 15 is 0 Å². The van der Waals surface area contributed by atoms with Crippen LogP contribution in [0.1, 0.15) is 37.5 Å². The Balaban J connectivity index is 2.03. The van der Waals surface area contributed by atoms with Crippen LogP contribution in [0, 0.1) is 0 Å². The summed E-state index contributed by atoms with van der Waals surface area (Å²) in [6, 6.07) is 23.1. The summed E-state index contributed by atoms with van der Waals surface area (Å²) in [6.45, 7) is 5.46. The summed E-state index contributed by atoms with van der Waals surface area (Å²) in [4.78, 5) is 29.0. The minimum atomic E-state index is -3.79. The van der Waals surface area contributed by atoms with Crippen LogP contribution in [-0.2, 0) is 39.0 Å². The Morgan fingerprint density at radius 2 is 1.46 bits per heavy atom. The first kappa shape index (κ1) is 30.4. The Morgan fingerprint density at radius 1 is 0.872 bits per heavy atom. The Kier molecular flexibility index (Phi) is 10.7. The highest BCUT2D eigenvalue weighted by atomic mass is 79.9. The third-order valence-corrected chi connectivity index (χ3v) is 7.95. The predicted octanol–water partition coefficient (Wildman–Crippen LogP) is 4.94. The average Bonchev–Trinajstić information content (AvgIpc) is 2.90. The Bertz CT molecular complexity index is 1350. The number of carbonyl (C=O) groups excluding carboxylic acids is 2. The number of nitrogens with one attached hydrogen (secondary N) is 1. The molecule has 3 aromatic rings. The van der Waals surface area contributed by atoms with Gasteiger partial charge in [-0.25, -0.2) is 8.42 Å². The van der Waals surface area contributed by atoms with Crippen molar-refractivity contribution in [3.63, 3.8) is 0 Å². The first-order chi connectivity index (χ1) is 18.5. The van der Waals surface area contributed by atoms with E-state index in [0.717, 1.165) is 38.1 Å². The quantitative estimate of drug-likeness (QED) is 0.313. The van der Waals surface area contributed by atoms with Gasteiger partial charge in [-0.05, 0) is 61.2 Å². The van der Waals surface area contributed by atoms with Crippen molar-refractivity contribution in [2.45, 2.75) is 52.2 Å². The normalized spacial score (nSPS) is 12.2. The summed E-state index contributed by atoms with van der Waals surface area (Å²) in [5, 5.41) is 2.95. The molecule has 2 amide bonds. The van der Waals surface area contributed by atoms with E-state index in [0.29, 0.717) is 5.69 Å². The minimum absolute atomic E-state index is 0.134. The van der Waals surface area contributed by atoms with Gasteiger partial charge in [0.2, 0.25) is 21.8 Å². The zero-order valence-electron chi connectivity index (χ0n) is 22.8. The van der Waals surface area contributed by atoms with Crippen molar-refractivity contribution in [3.8, 4) is 0 Å². The van der Waals surface area contributed by atoms with Gasteiger partial charge < -0.3 is 10.2 Å². The van der Waals surface area contributed by atoms with Gasteiger partial charge in [-0.15, -0.1) is 0 Å². The van der Waals surface area contributed by atoms with E-state index in [2.05, 4.69) is 21.2 Å². The topological polar surface area (TPSA) is 86.8 Å². The van der Waals surface area contributed by atoms with Crippen molar-refractivity contribution < 1.29 is 18.0 Å². The molecule has 0 fully saturated rings. The molecule has 0 saturated heterocycles. The van der Waals surface area contributed by atoms with Crippen molar-refractivity contribution >= 4 is 43.5 Å². The van der Waals surface area contributed by atoms with E-state index < -0.39 is 28.5 Å². The highest BCUT2D eigenvalue weighted by molar-refractivity contribution is 9.10.